The van der Waals surface area contributed by atoms with E-state index in [0.717, 1.165) is 10.9 Å². The monoisotopic (exact) mass is 376 g/mol. The van der Waals surface area contributed by atoms with Gasteiger partial charge in [0.05, 0.1) is 16.6 Å². The number of halogens is 2. The number of aromatic carboxylic acids is 1. The molecule has 0 radical (unpaired) electrons. The number of nitrogens with one attached hydrogen (secondary N) is 1. The Morgan fingerprint density at radius 3 is 2.48 bits per heavy atom. The number of fused-ring (bicyclic) bond motifs is 1. The van der Waals surface area contributed by atoms with Crippen LogP contribution in [0.3, 0.4) is 0 Å². The molecule has 1 amide bonds. The van der Waals surface area contributed by atoms with E-state index in [0.29, 0.717) is 27.8 Å². The van der Waals surface area contributed by atoms with Gasteiger partial charge >= 0.3 is 5.97 Å². The summed E-state index contributed by atoms with van der Waals surface area (Å²) in [6.45, 7) is 1.80. The van der Waals surface area contributed by atoms with Crippen LogP contribution in [-0.4, -0.2) is 22.0 Å². The molecule has 0 saturated heterocycles. The van der Waals surface area contributed by atoms with E-state index < -0.39 is 5.97 Å². The largest absolute Gasteiger partial charge is 0.477 e. The molecule has 0 aliphatic rings. The van der Waals surface area contributed by atoms with E-state index in [2.05, 4.69) is 4.98 Å². The number of carbonyl (C=O) groups excluding carboxylic acids is 1. The number of rotatable bonds is 4. The number of hydrogen-bond donors (Lipinski definition) is 2. The van der Waals surface area contributed by atoms with Crippen molar-refractivity contribution in [2.45, 2.75) is 13.5 Å². The van der Waals surface area contributed by atoms with Gasteiger partial charge in [0.15, 0.2) is 0 Å². The van der Waals surface area contributed by atoms with Gasteiger partial charge in [0.25, 0.3) is 0 Å². The van der Waals surface area contributed by atoms with Gasteiger partial charge in [-0.05, 0) is 42.0 Å². The van der Waals surface area contributed by atoms with Gasteiger partial charge in [-0.15, -0.1) is 0 Å². The lowest BCUT2D eigenvalue weighted by molar-refractivity contribution is -0.116. The number of aromatic amines is 1. The lowest BCUT2D eigenvalue weighted by Crippen LogP contribution is -2.27. The highest BCUT2D eigenvalue weighted by Crippen LogP contribution is 2.27. The Morgan fingerprint density at radius 2 is 1.84 bits per heavy atom. The standard InChI is InChI=1S/C18H14Cl2N2O3/c1-10(23)22(9-11-2-4-14(19)15(20)6-11)13-3-5-16-12(7-13)8-17(21-16)18(24)25/h2-8,21H,9H2,1H3,(H,24,25). The van der Waals surface area contributed by atoms with Crippen molar-refractivity contribution in [3.63, 3.8) is 0 Å². The van der Waals surface area contributed by atoms with Crippen LogP contribution in [0.4, 0.5) is 5.69 Å². The molecule has 0 atom stereocenters. The van der Waals surface area contributed by atoms with Gasteiger partial charge in [0, 0.05) is 23.5 Å². The summed E-state index contributed by atoms with van der Waals surface area (Å²) in [6, 6.07) is 12.0. The lowest BCUT2D eigenvalue weighted by atomic mass is 10.1. The van der Waals surface area contributed by atoms with Gasteiger partial charge in [-0.2, -0.15) is 0 Å². The first-order valence-electron chi connectivity index (χ1n) is 7.43. The number of carbonyl (C=O) groups is 2. The fraction of sp³-hybridized carbons (Fsp3) is 0.111. The van der Waals surface area contributed by atoms with Gasteiger partial charge in [0.2, 0.25) is 5.91 Å². The number of carboxylic acids is 1. The Hall–Kier alpha value is -2.50. The van der Waals surface area contributed by atoms with Crippen LogP contribution in [0.25, 0.3) is 10.9 Å². The van der Waals surface area contributed by atoms with Crippen LogP contribution < -0.4 is 4.90 Å². The minimum atomic E-state index is -1.03. The Bertz CT molecular complexity index is 982. The summed E-state index contributed by atoms with van der Waals surface area (Å²) in [5.41, 5.74) is 2.30. The van der Waals surface area contributed by atoms with Gasteiger partial charge in [-0.1, -0.05) is 29.3 Å². The van der Waals surface area contributed by atoms with E-state index in [1.807, 2.05) is 6.07 Å². The summed E-state index contributed by atoms with van der Waals surface area (Å²) < 4.78 is 0. The number of carboxylic acid groups (broad SMARTS) is 1. The minimum Gasteiger partial charge on any atom is -0.477 e. The van der Waals surface area contributed by atoms with Crippen molar-refractivity contribution in [2.24, 2.45) is 0 Å². The molecule has 0 spiro atoms. The molecule has 0 saturated carbocycles. The first-order chi connectivity index (χ1) is 11.8. The Labute approximate surface area is 153 Å². The van der Waals surface area contributed by atoms with E-state index >= 15 is 0 Å². The van der Waals surface area contributed by atoms with Crippen molar-refractivity contribution in [3.05, 3.63) is 63.8 Å². The van der Waals surface area contributed by atoms with Crippen molar-refractivity contribution in [1.29, 1.82) is 0 Å². The zero-order chi connectivity index (χ0) is 18.1. The maximum absolute atomic E-state index is 12.1. The topological polar surface area (TPSA) is 73.4 Å². The summed E-state index contributed by atoms with van der Waals surface area (Å²) in [5.74, 6) is -1.17. The summed E-state index contributed by atoms with van der Waals surface area (Å²) in [6.07, 6.45) is 0. The van der Waals surface area contributed by atoms with Crippen LogP contribution in [0.2, 0.25) is 10.0 Å². The number of anilines is 1. The molecule has 0 aliphatic carbocycles. The van der Waals surface area contributed by atoms with E-state index in [9.17, 15) is 9.59 Å². The number of amides is 1. The minimum absolute atomic E-state index is 0.103. The average Bonchev–Trinajstić information content (AvgIpc) is 2.99. The van der Waals surface area contributed by atoms with E-state index in [1.165, 1.54) is 6.92 Å². The molecular formula is C18H14Cl2N2O3. The molecule has 25 heavy (non-hydrogen) atoms. The quantitative estimate of drug-likeness (QED) is 0.691. The summed E-state index contributed by atoms with van der Waals surface area (Å²) >= 11 is 12.0. The van der Waals surface area contributed by atoms with Gasteiger partial charge < -0.3 is 15.0 Å². The average molecular weight is 377 g/mol. The molecule has 5 nitrogen and oxygen atoms in total. The molecule has 2 aromatic carbocycles. The fourth-order valence-corrected chi connectivity index (χ4v) is 2.93. The zero-order valence-corrected chi connectivity index (χ0v) is 14.7. The summed E-state index contributed by atoms with van der Waals surface area (Å²) in [7, 11) is 0. The molecule has 3 aromatic rings. The predicted octanol–water partition coefficient (Wildman–Crippen LogP) is 4.73. The van der Waals surface area contributed by atoms with Crippen LogP contribution in [0.5, 0.6) is 0 Å². The fourth-order valence-electron chi connectivity index (χ4n) is 2.61. The SMILES string of the molecule is CC(=O)N(Cc1ccc(Cl)c(Cl)c1)c1ccc2[nH]c(C(=O)O)cc2c1. The first kappa shape index (κ1) is 17.3. The Balaban J connectivity index is 1.97. The van der Waals surface area contributed by atoms with Gasteiger partial charge in [-0.25, -0.2) is 4.79 Å². The summed E-state index contributed by atoms with van der Waals surface area (Å²) in [5, 5.41) is 10.7. The van der Waals surface area contributed by atoms with Crippen molar-refractivity contribution < 1.29 is 14.7 Å². The maximum Gasteiger partial charge on any atom is 0.352 e. The van der Waals surface area contributed by atoms with Crippen molar-refractivity contribution in [3.8, 4) is 0 Å². The molecular weight excluding hydrogens is 363 g/mol. The van der Waals surface area contributed by atoms with E-state index in [4.69, 9.17) is 28.3 Å². The molecule has 0 fully saturated rings. The number of benzene rings is 2. The molecule has 1 aromatic heterocycles. The van der Waals surface area contributed by atoms with Crippen molar-refractivity contribution >= 4 is 51.7 Å². The third-order valence-electron chi connectivity index (χ3n) is 3.85. The predicted molar refractivity (Wildman–Crippen MR) is 98.6 cm³/mol. The van der Waals surface area contributed by atoms with Crippen LogP contribution in [0.15, 0.2) is 42.5 Å². The van der Waals surface area contributed by atoms with Crippen LogP contribution >= 0.6 is 23.2 Å². The second-order valence-corrected chi connectivity index (χ2v) is 6.43. The van der Waals surface area contributed by atoms with E-state index in [1.54, 1.807) is 41.3 Å². The first-order valence-corrected chi connectivity index (χ1v) is 8.19. The third kappa shape index (κ3) is 3.62. The van der Waals surface area contributed by atoms with Crippen molar-refractivity contribution in [1.82, 2.24) is 4.98 Å². The molecule has 0 unspecified atom stereocenters. The maximum atomic E-state index is 12.1. The molecule has 128 valence electrons. The Morgan fingerprint density at radius 1 is 1.08 bits per heavy atom. The zero-order valence-electron chi connectivity index (χ0n) is 13.2. The Kier molecular flexibility index (Phi) is 4.70. The van der Waals surface area contributed by atoms with Crippen molar-refractivity contribution in [2.75, 3.05) is 4.90 Å². The number of H-pyrrole nitrogens is 1. The smallest absolute Gasteiger partial charge is 0.352 e. The third-order valence-corrected chi connectivity index (χ3v) is 4.59. The lowest BCUT2D eigenvalue weighted by Gasteiger charge is -2.21. The molecule has 0 aliphatic heterocycles. The summed E-state index contributed by atoms with van der Waals surface area (Å²) in [4.78, 5) is 27.6. The van der Waals surface area contributed by atoms with Gasteiger partial charge in [-0.3, -0.25) is 4.79 Å². The second-order valence-electron chi connectivity index (χ2n) is 5.61. The molecule has 2 N–H and O–H groups in total. The normalized spacial score (nSPS) is 10.8. The van der Waals surface area contributed by atoms with Crippen LogP contribution in [-0.2, 0) is 11.3 Å². The van der Waals surface area contributed by atoms with Crippen LogP contribution in [0.1, 0.15) is 23.0 Å². The number of nitrogens with zero attached hydrogens (tertiary/aromatic N) is 1. The molecule has 7 heteroatoms. The van der Waals surface area contributed by atoms with Crippen LogP contribution in [0, 0.1) is 0 Å². The second kappa shape index (κ2) is 6.78. The molecule has 3 rings (SSSR count). The van der Waals surface area contributed by atoms with E-state index in [-0.39, 0.29) is 11.6 Å². The highest BCUT2D eigenvalue weighted by molar-refractivity contribution is 6.42. The molecule has 1 heterocycles. The highest BCUT2D eigenvalue weighted by Gasteiger charge is 2.15. The highest BCUT2D eigenvalue weighted by atomic mass is 35.5. The molecule has 0 bridgehead atoms. The number of aromatic nitrogens is 1. The van der Waals surface area contributed by atoms with Gasteiger partial charge in [0.1, 0.15) is 5.69 Å². The number of hydrogen-bond acceptors (Lipinski definition) is 2.